The van der Waals surface area contributed by atoms with Crippen LogP contribution in [0.3, 0.4) is 0 Å². The van der Waals surface area contributed by atoms with Gasteiger partial charge < -0.3 is 10.3 Å². The Hall–Kier alpha value is -2.65. The van der Waals surface area contributed by atoms with Crippen LogP contribution in [0.4, 0.5) is 11.8 Å². The molecule has 0 bridgehead atoms. The highest BCUT2D eigenvalue weighted by molar-refractivity contribution is 7.92. The number of rotatable bonds is 6. The Morgan fingerprint density at radius 1 is 1.28 bits per heavy atom. The van der Waals surface area contributed by atoms with Crippen LogP contribution in [0.15, 0.2) is 41.3 Å². The lowest BCUT2D eigenvalue weighted by atomic mass is 10.1. The first-order valence-corrected chi connectivity index (χ1v) is 11.4. The predicted octanol–water partition coefficient (Wildman–Crippen LogP) is 3.07. The maximum atomic E-state index is 12.5. The number of nitrogens with one attached hydrogen (secondary N) is 2. The van der Waals surface area contributed by atoms with Crippen molar-refractivity contribution in [1.82, 2.24) is 15.0 Å². The van der Waals surface area contributed by atoms with Gasteiger partial charge in [-0.15, -0.1) is 0 Å². The van der Waals surface area contributed by atoms with Gasteiger partial charge in [0.2, 0.25) is 16.0 Å². The lowest BCUT2D eigenvalue weighted by molar-refractivity contribution is 0.595. The van der Waals surface area contributed by atoms with Gasteiger partial charge in [-0.05, 0) is 44.0 Å². The Morgan fingerprint density at radius 2 is 2.03 bits per heavy atom. The molecule has 3 aromatic rings. The van der Waals surface area contributed by atoms with E-state index in [9.17, 15) is 13.2 Å². The molecule has 10 heteroatoms. The van der Waals surface area contributed by atoms with Crippen molar-refractivity contribution in [2.24, 2.45) is 0 Å². The Bertz CT molecular complexity index is 1240. The molecule has 0 amide bonds. The molecule has 4 rings (SSSR count). The van der Waals surface area contributed by atoms with E-state index in [0.29, 0.717) is 21.9 Å². The van der Waals surface area contributed by atoms with Crippen LogP contribution in [0, 0.1) is 0 Å². The van der Waals surface area contributed by atoms with Crippen molar-refractivity contribution < 1.29 is 8.42 Å². The Labute approximate surface area is 173 Å². The number of anilines is 2. The molecule has 2 N–H and O–H groups in total. The second-order valence-electron chi connectivity index (χ2n) is 7.18. The molecule has 0 aliphatic heterocycles. The van der Waals surface area contributed by atoms with Gasteiger partial charge in [0.15, 0.2) is 0 Å². The maximum absolute atomic E-state index is 12.5. The van der Waals surface area contributed by atoms with Gasteiger partial charge in [-0.1, -0.05) is 11.6 Å². The van der Waals surface area contributed by atoms with Gasteiger partial charge in [0.25, 0.3) is 5.56 Å². The van der Waals surface area contributed by atoms with Crippen LogP contribution in [0.1, 0.15) is 31.4 Å². The summed E-state index contributed by atoms with van der Waals surface area (Å²) >= 11 is 6.05. The summed E-state index contributed by atoms with van der Waals surface area (Å²) in [6.45, 7) is 1.81. The molecule has 1 aromatic carbocycles. The van der Waals surface area contributed by atoms with Crippen LogP contribution in [-0.2, 0) is 10.0 Å². The van der Waals surface area contributed by atoms with Crippen LogP contribution in [0.25, 0.3) is 10.9 Å². The number of nitrogens with zero attached hydrogens (tertiary/aromatic N) is 3. The van der Waals surface area contributed by atoms with Crippen LogP contribution in [-0.4, -0.2) is 35.7 Å². The molecular formula is C19H20ClN5O3S. The first-order chi connectivity index (χ1) is 13.7. The second-order valence-corrected chi connectivity index (χ2v) is 9.48. The van der Waals surface area contributed by atoms with Crippen LogP contribution in [0.2, 0.25) is 5.02 Å². The van der Waals surface area contributed by atoms with Crippen LogP contribution >= 0.6 is 11.6 Å². The van der Waals surface area contributed by atoms with E-state index >= 15 is 0 Å². The highest BCUT2D eigenvalue weighted by Gasteiger charge is 2.36. The quantitative estimate of drug-likeness (QED) is 0.618. The summed E-state index contributed by atoms with van der Waals surface area (Å²) in [5, 5.41) is 4.48. The van der Waals surface area contributed by atoms with Gasteiger partial charge >= 0.3 is 0 Å². The van der Waals surface area contributed by atoms with E-state index in [1.54, 1.807) is 30.3 Å². The number of H-pyrrole nitrogens is 1. The summed E-state index contributed by atoms with van der Waals surface area (Å²) in [6.07, 6.45) is 4.29. The molecule has 1 saturated carbocycles. The van der Waals surface area contributed by atoms with Crippen molar-refractivity contribution in [2.45, 2.75) is 31.8 Å². The molecule has 1 aliphatic rings. The molecule has 0 spiro atoms. The average molecular weight is 434 g/mol. The van der Waals surface area contributed by atoms with Crippen molar-refractivity contribution >= 4 is 44.3 Å². The molecule has 2 aromatic heterocycles. The normalized spacial score (nSPS) is 15.3. The number of sulfonamides is 1. The van der Waals surface area contributed by atoms with E-state index in [4.69, 9.17) is 11.6 Å². The molecule has 0 radical (unpaired) electrons. The zero-order chi connectivity index (χ0) is 20.8. The SMILES string of the molecule is C[C@H](Nc1nccc(N(C2CC2)S(C)(=O)=O)n1)c1cc2cc(Cl)ccc2[nH]c1=O. The van der Waals surface area contributed by atoms with Crippen molar-refractivity contribution in [3.63, 3.8) is 0 Å². The molecule has 29 heavy (non-hydrogen) atoms. The van der Waals surface area contributed by atoms with E-state index in [-0.39, 0.29) is 17.5 Å². The summed E-state index contributed by atoms with van der Waals surface area (Å²) in [6, 6.07) is 8.12. The lowest BCUT2D eigenvalue weighted by Crippen LogP contribution is -2.33. The molecular weight excluding hydrogens is 414 g/mol. The minimum Gasteiger partial charge on any atom is -0.347 e. The van der Waals surface area contributed by atoms with Gasteiger partial charge in [0, 0.05) is 39.8 Å². The summed E-state index contributed by atoms with van der Waals surface area (Å²) in [7, 11) is -3.44. The highest BCUT2D eigenvalue weighted by Crippen LogP contribution is 2.33. The van der Waals surface area contributed by atoms with Crippen LogP contribution in [0.5, 0.6) is 0 Å². The van der Waals surface area contributed by atoms with Gasteiger partial charge in [-0.25, -0.2) is 13.4 Å². The molecule has 1 aliphatic carbocycles. The highest BCUT2D eigenvalue weighted by atomic mass is 35.5. The maximum Gasteiger partial charge on any atom is 0.253 e. The molecule has 2 heterocycles. The second kappa shape index (κ2) is 7.31. The fourth-order valence-corrected chi connectivity index (χ4v) is 4.64. The van der Waals surface area contributed by atoms with E-state index < -0.39 is 16.1 Å². The third-order valence-electron chi connectivity index (χ3n) is 4.75. The van der Waals surface area contributed by atoms with E-state index in [2.05, 4.69) is 20.3 Å². The zero-order valence-electron chi connectivity index (χ0n) is 15.9. The number of benzene rings is 1. The van der Waals surface area contributed by atoms with Crippen molar-refractivity contribution in [3.05, 3.63) is 57.5 Å². The van der Waals surface area contributed by atoms with Crippen LogP contribution < -0.4 is 15.2 Å². The topological polar surface area (TPSA) is 108 Å². The molecule has 1 fully saturated rings. The molecule has 152 valence electrons. The van der Waals surface area contributed by atoms with E-state index in [1.165, 1.54) is 16.8 Å². The zero-order valence-corrected chi connectivity index (χ0v) is 17.5. The molecule has 0 unspecified atom stereocenters. The van der Waals surface area contributed by atoms with Crippen molar-refractivity contribution in [2.75, 3.05) is 15.9 Å². The monoisotopic (exact) mass is 433 g/mol. The van der Waals surface area contributed by atoms with Gasteiger partial charge in [0.05, 0.1) is 12.3 Å². The summed E-state index contributed by atoms with van der Waals surface area (Å²) in [5.74, 6) is 0.564. The number of fused-ring (bicyclic) bond motifs is 1. The third kappa shape index (κ3) is 4.20. The smallest absolute Gasteiger partial charge is 0.253 e. The largest absolute Gasteiger partial charge is 0.347 e. The van der Waals surface area contributed by atoms with Gasteiger partial charge in [-0.3, -0.25) is 9.10 Å². The van der Waals surface area contributed by atoms with Crippen molar-refractivity contribution in [1.29, 1.82) is 0 Å². The summed E-state index contributed by atoms with van der Waals surface area (Å²) in [4.78, 5) is 23.9. The third-order valence-corrected chi connectivity index (χ3v) is 6.18. The molecule has 0 saturated heterocycles. The number of hydrogen-bond acceptors (Lipinski definition) is 6. The summed E-state index contributed by atoms with van der Waals surface area (Å²) in [5.41, 5.74) is 0.962. The minimum atomic E-state index is -3.44. The Kier molecular flexibility index (Phi) is 4.95. The van der Waals surface area contributed by atoms with Gasteiger partial charge in [0.1, 0.15) is 5.82 Å². The van der Waals surface area contributed by atoms with Crippen molar-refractivity contribution in [3.8, 4) is 0 Å². The fraction of sp³-hybridized carbons (Fsp3) is 0.316. The van der Waals surface area contributed by atoms with E-state index in [1.807, 2.05) is 6.92 Å². The number of hydrogen-bond donors (Lipinski definition) is 2. The number of aromatic nitrogens is 3. The Morgan fingerprint density at radius 3 is 2.72 bits per heavy atom. The first kappa shape index (κ1) is 19.7. The lowest BCUT2D eigenvalue weighted by Gasteiger charge is -2.21. The fourth-order valence-electron chi connectivity index (χ4n) is 3.27. The summed E-state index contributed by atoms with van der Waals surface area (Å²) < 4.78 is 25.6. The average Bonchev–Trinajstić information content (AvgIpc) is 3.45. The van der Waals surface area contributed by atoms with E-state index in [0.717, 1.165) is 18.2 Å². The number of pyridine rings is 1. The minimum absolute atomic E-state index is 0.0572. The Balaban J connectivity index is 1.64. The number of aromatic amines is 1. The van der Waals surface area contributed by atoms with Gasteiger partial charge in [-0.2, -0.15) is 4.98 Å². The standard InChI is InChI=1S/C19H20ClN5O3S/c1-11(15-10-12-9-13(20)3-6-16(12)23-18(15)26)22-19-21-8-7-17(24-19)25(14-4-5-14)29(2,27)28/h3,6-11,14H,4-5H2,1-2H3,(H,23,26)(H,21,22,24)/t11-/m0/s1. The molecule has 1 atom stereocenters. The predicted molar refractivity (Wildman–Crippen MR) is 114 cm³/mol. The first-order valence-electron chi connectivity index (χ1n) is 9.14. The number of halogens is 1. The molecule has 8 nitrogen and oxygen atoms in total.